The van der Waals surface area contributed by atoms with E-state index in [2.05, 4.69) is 205 Å². The second kappa shape index (κ2) is 13.0. The number of rotatable bonds is 4. The molecule has 58 heavy (non-hydrogen) atoms. The Morgan fingerprint density at radius 3 is 1.81 bits per heavy atom. The standard InChI is InChI=1S/C55H35N3/c1-4-15-36(16-5-1)40-22-14-23-41(33-40)52-48-31-35-27-29-45-49(32-35)58(50-34-47(37-17-6-2-7-18-37)43-25-12-13-26-44(43)51(45)50)54-42-24-11-10-19-38(42)28-30-46(54)53(48)57-55(56-52)39-20-8-3-9-21-39/h1-30,32-34H,31H2. The van der Waals surface area contributed by atoms with Gasteiger partial charge in [0, 0.05) is 44.8 Å². The summed E-state index contributed by atoms with van der Waals surface area (Å²) in [5.74, 6) is 0.712. The largest absolute Gasteiger partial charge is 0.308 e. The first-order valence-corrected chi connectivity index (χ1v) is 20.0. The molecule has 0 N–H and O–H groups in total. The Labute approximate surface area is 336 Å². The predicted molar refractivity (Wildman–Crippen MR) is 241 cm³/mol. The molecule has 2 aromatic heterocycles. The van der Waals surface area contributed by atoms with Crippen LogP contribution in [0.15, 0.2) is 200 Å². The second-order valence-corrected chi connectivity index (χ2v) is 15.3. The average molecular weight is 738 g/mol. The Balaban J connectivity index is 1.24. The van der Waals surface area contributed by atoms with Crippen LogP contribution >= 0.6 is 0 Å². The molecule has 270 valence electrons. The van der Waals surface area contributed by atoms with E-state index in [0.29, 0.717) is 12.2 Å². The quantitative estimate of drug-likeness (QED) is 0.180. The third-order valence-electron chi connectivity index (χ3n) is 12.0. The lowest BCUT2D eigenvalue weighted by atomic mass is 9.91. The van der Waals surface area contributed by atoms with Gasteiger partial charge >= 0.3 is 0 Å². The van der Waals surface area contributed by atoms with Gasteiger partial charge in [0.1, 0.15) is 0 Å². The van der Waals surface area contributed by atoms with Crippen molar-refractivity contribution in [3.05, 3.63) is 211 Å². The molecule has 3 nitrogen and oxygen atoms in total. The fourth-order valence-electron chi connectivity index (χ4n) is 9.33. The minimum Gasteiger partial charge on any atom is -0.308 e. The molecule has 12 rings (SSSR count). The molecule has 11 aromatic rings. The smallest absolute Gasteiger partial charge is 0.160 e. The third-order valence-corrected chi connectivity index (χ3v) is 12.0. The highest BCUT2D eigenvalue weighted by Crippen LogP contribution is 2.47. The molecular formula is C55H35N3. The van der Waals surface area contributed by atoms with Crippen molar-refractivity contribution in [1.82, 2.24) is 14.5 Å². The summed E-state index contributed by atoms with van der Waals surface area (Å²) in [5.41, 5.74) is 15.7. The molecule has 3 heteroatoms. The zero-order valence-corrected chi connectivity index (χ0v) is 31.6. The molecule has 1 aliphatic heterocycles. The molecule has 0 atom stereocenters. The summed E-state index contributed by atoms with van der Waals surface area (Å²) in [5, 5.41) is 7.38. The van der Waals surface area contributed by atoms with Gasteiger partial charge in [0.05, 0.1) is 28.1 Å². The van der Waals surface area contributed by atoms with Crippen LogP contribution in [-0.4, -0.2) is 14.5 Å². The maximum atomic E-state index is 5.60. The normalized spacial score (nSPS) is 12.1. The summed E-state index contributed by atoms with van der Waals surface area (Å²) in [4.78, 5) is 11.1. The Kier molecular flexibility index (Phi) is 7.29. The number of nitrogens with zero attached hydrogens (tertiary/aromatic N) is 3. The molecule has 0 spiro atoms. The maximum absolute atomic E-state index is 5.60. The molecule has 2 bridgehead atoms. The summed E-state index contributed by atoms with van der Waals surface area (Å²) in [6, 6.07) is 72.4. The summed E-state index contributed by atoms with van der Waals surface area (Å²) < 4.78 is 2.54. The average Bonchev–Trinajstić information content (AvgIpc) is 3.63. The van der Waals surface area contributed by atoms with Crippen LogP contribution in [0.5, 0.6) is 0 Å². The zero-order chi connectivity index (χ0) is 38.2. The van der Waals surface area contributed by atoms with Crippen molar-refractivity contribution in [3.63, 3.8) is 0 Å². The van der Waals surface area contributed by atoms with E-state index in [4.69, 9.17) is 9.97 Å². The molecule has 0 saturated carbocycles. The lowest BCUT2D eigenvalue weighted by Crippen LogP contribution is -2.06. The Bertz CT molecular complexity index is 3400. The van der Waals surface area contributed by atoms with Crippen LogP contribution in [0.25, 0.3) is 105 Å². The van der Waals surface area contributed by atoms with Gasteiger partial charge in [-0.25, -0.2) is 9.97 Å². The van der Waals surface area contributed by atoms with Crippen molar-refractivity contribution in [2.24, 2.45) is 0 Å². The Morgan fingerprint density at radius 2 is 1.02 bits per heavy atom. The molecular weight excluding hydrogens is 703 g/mol. The van der Waals surface area contributed by atoms with E-state index in [-0.39, 0.29) is 0 Å². The highest BCUT2D eigenvalue weighted by Gasteiger charge is 2.27. The Morgan fingerprint density at radius 1 is 0.379 bits per heavy atom. The highest BCUT2D eigenvalue weighted by atomic mass is 15.0. The predicted octanol–water partition coefficient (Wildman–Crippen LogP) is 14.1. The first-order valence-electron chi connectivity index (χ1n) is 20.0. The van der Waals surface area contributed by atoms with Gasteiger partial charge < -0.3 is 4.57 Å². The number of hydrogen-bond acceptors (Lipinski definition) is 2. The van der Waals surface area contributed by atoms with E-state index in [1.165, 1.54) is 65.6 Å². The zero-order valence-electron chi connectivity index (χ0n) is 31.6. The van der Waals surface area contributed by atoms with Crippen molar-refractivity contribution in [3.8, 4) is 61.8 Å². The van der Waals surface area contributed by atoms with Crippen molar-refractivity contribution < 1.29 is 0 Å². The fraction of sp³-hybridized carbons (Fsp3) is 0.0182. The van der Waals surface area contributed by atoms with Crippen molar-refractivity contribution in [1.29, 1.82) is 0 Å². The fourth-order valence-corrected chi connectivity index (χ4v) is 9.33. The molecule has 0 radical (unpaired) electrons. The highest BCUT2D eigenvalue weighted by molar-refractivity contribution is 6.25. The SMILES string of the molecule is c1ccc(-c2cccc(-c3nc(-c4ccccc4)nc4c3Cc3ccc5c6c7ccccc7c(-c7ccccc7)cc6n(c5c3)-c3c-4ccc4ccccc34)c2)cc1. The molecule has 0 saturated heterocycles. The topological polar surface area (TPSA) is 30.7 Å². The summed E-state index contributed by atoms with van der Waals surface area (Å²) in [6.07, 6.45) is 0.676. The first-order chi connectivity index (χ1) is 28.8. The van der Waals surface area contributed by atoms with Gasteiger partial charge in [-0.1, -0.05) is 182 Å². The van der Waals surface area contributed by atoms with Gasteiger partial charge in [0.25, 0.3) is 0 Å². The van der Waals surface area contributed by atoms with Crippen molar-refractivity contribution in [2.75, 3.05) is 0 Å². The number of aromatic nitrogens is 3. The first kappa shape index (κ1) is 32.6. The summed E-state index contributed by atoms with van der Waals surface area (Å²) in [6.45, 7) is 0. The van der Waals surface area contributed by atoms with Gasteiger partial charge in [0.15, 0.2) is 5.82 Å². The van der Waals surface area contributed by atoms with Gasteiger partial charge in [-0.3, -0.25) is 0 Å². The second-order valence-electron chi connectivity index (χ2n) is 15.3. The minimum absolute atomic E-state index is 0.676. The Hall–Kier alpha value is -7.62. The van der Waals surface area contributed by atoms with Gasteiger partial charge in [-0.05, 0) is 62.2 Å². The number of fused-ring (bicyclic) bond motifs is 12. The third kappa shape index (κ3) is 5.07. The van der Waals surface area contributed by atoms with Crippen LogP contribution in [0.4, 0.5) is 0 Å². The van der Waals surface area contributed by atoms with Gasteiger partial charge in [0.2, 0.25) is 0 Å². The number of benzene rings is 9. The van der Waals surface area contributed by atoms with E-state index in [1.807, 2.05) is 0 Å². The summed E-state index contributed by atoms with van der Waals surface area (Å²) >= 11 is 0. The van der Waals surface area contributed by atoms with Crippen LogP contribution in [0.1, 0.15) is 11.1 Å². The molecule has 0 aliphatic carbocycles. The van der Waals surface area contributed by atoms with E-state index in [9.17, 15) is 0 Å². The van der Waals surface area contributed by atoms with E-state index >= 15 is 0 Å². The molecule has 0 unspecified atom stereocenters. The van der Waals surface area contributed by atoms with Crippen LogP contribution < -0.4 is 0 Å². The molecule has 9 aromatic carbocycles. The van der Waals surface area contributed by atoms with Crippen LogP contribution in [0.2, 0.25) is 0 Å². The molecule has 0 fully saturated rings. The van der Waals surface area contributed by atoms with E-state index in [1.54, 1.807) is 0 Å². The van der Waals surface area contributed by atoms with E-state index in [0.717, 1.165) is 44.9 Å². The van der Waals surface area contributed by atoms with Crippen LogP contribution in [0.3, 0.4) is 0 Å². The lowest BCUT2D eigenvalue weighted by molar-refractivity contribution is 1.09. The number of hydrogen-bond donors (Lipinski definition) is 0. The lowest BCUT2D eigenvalue weighted by Gasteiger charge is -2.20. The van der Waals surface area contributed by atoms with Gasteiger partial charge in [-0.2, -0.15) is 0 Å². The van der Waals surface area contributed by atoms with Crippen LogP contribution in [0, 0.1) is 0 Å². The molecule has 3 heterocycles. The monoisotopic (exact) mass is 737 g/mol. The van der Waals surface area contributed by atoms with E-state index < -0.39 is 0 Å². The minimum atomic E-state index is 0.676. The van der Waals surface area contributed by atoms with Crippen molar-refractivity contribution in [2.45, 2.75) is 6.42 Å². The van der Waals surface area contributed by atoms with Crippen LogP contribution in [-0.2, 0) is 6.42 Å². The maximum Gasteiger partial charge on any atom is 0.160 e. The molecule has 0 amide bonds. The molecule has 1 aliphatic rings. The van der Waals surface area contributed by atoms with Crippen molar-refractivity contribution >= 4 is 43.4 Å². The summed E-state index contributed by atoms with van der Waals surface area (Å²) in [7, 11) is 0. The van der Waals surface area contributed by atoms with Gasteiger partial charge in [-0.15, -0.1) is 0 Å².